The molecule has 0 aliphatic carbocycles. The Hall–Kier alpha value is -2.38. The molecule has 0 aromatic rings. The number of aliphatic hydroxyl groups is 1. The van der Waals surface area contributed by atoms with Crippen LogP contribution in [0.4, 0.5) is 0 Å². The molecule has 0 heterocycles. The second-order valence-electron chi connectivity index (χ2n) is 7.68. The first kappa shape index (κ1) is 29.6. The Balaban J connectivity index is 5.44. The topological polar surface area (TPSA) is 208 Å². The van der Waals surface area contributed by atoms with Gasteiger partial charge in [-0.3, -0.25) is 19.2 Å². The summed E-state index contributed by atoms with van der Waals surface area (Å²) < 4.78 is 0. The molecule has 0 aromatic carbocycles. The SMILES string of the molecule is CSCC[C@H](N)C(=O)N[C@H](C(=O)N[C@@H](CCC(=O)O)C(=O)N[C@H](C(=O)O)C(C)C)[C@@H](C)O. The van der Waals surface area contributed by atoms with Crippen molar-refractivity contribution in [2.75, 3.05) is 12.0 Å². The third-order valence-electron chi connectivity index (χ3n) is 4.54. The number of aliphatic hydroxyl groups excluding tert-OH is 1. The van der Waals surface area contributed by atoms with E-state index in [0.29, 0.717) is 12.2 Å². The van der Waals surface area contributed by atoms with E-state index in [2.05, 4.69) is 16.0 Å². The minimum absolute atomic E-state index is 0.328. The fraction of sp³-hybridized carbons (Fsp3) is 0.737. The Morgan fingerprint density at radius 2 is 1.44 bits per heavy atom. The molecule has 0 aromatic heterocycles. The van der Waals surface area contributed by atoms with E-state index in [1.54, 1.807) is 13.8 Å². The molecule has 0 unspecified atom stereocenters. The average molecular weight is 479 g/mol. The van der Waals surface area contributed by atoms with Gasteiger partial charge in [-0.1, -0.05) is 13.8 Å². The molecule has 0 spiro atoms. The van der Waals surface area contributed by atoms with Crippen molar-refractivity contribution in [2.45, 2.75) is 70.3 Å². The number of thioether (sulfide) groups is 1. The monoisotopic (exact) mass is 478 g/mol. The molecule has 0 saturated heterocycles. The van der Waals surface area contributed by atoms with Crippen LogP contribution >= 0.6 is 11.8 Å². The van der Waals surface area contributed by atoms with Gasteiger partial charge in [0.05, 0.1) is 12.1 Å². The second kappa shape index (κ2) is 14.6. The van der Waals surface area contributed by atoms with E-state index in [9.17, 15) is 34.2 Å². The fourth-order valence-corrected chi connectivity index (χ4v) is 3.10. The van der Waals surface area contributed by atoms with Crippen molar-refractivity contribution in [3.8, 4) is 0 Å². The van der Waals surface area contributed by atoms with E-state index < -0.39 is 72.3 Å². The van der Waals surface area contributed by atoms with Gasteiger partial charge in [0.2, 0.25) is 17.7 Å². The summed E-state index contributed by atoms with van der Waals surface area (Å²) in [4.78, 5) is 59.8. The second-order valence-corrected chi connectivity index (χ2v) is 8.66. The van der Waals surface area contributed by atoms with E-state index in [0.717, 1.165) is 0 Å². The third kappa shape index (κ3) is 10.8. The highest BCUT2D eigenvalue weighted by atomic mass is 32.2. The van der Waals surface area contributed by atoms with Gasteiger partial charge >= 0.3 is 11.9 Å². The van der Waals surface area contributed by atoms with Gasteiger partial charge in [-0.25, -0.2) is 4.79 Å². The van der Waals surface area contributed by atoms with Crippen LogP contribution < -0.4 is 21.7 Å². The van der Waals surface area contributed by atoms with Crippen molar-refractivity contribution in [1.82, 2.24) is 16.0 Å². The number of hydrogen-bond acceptors (Lipinski definition) is 8. The van der Waals surface area contributed by atoms with Gasteiger partial charge in [0.25, 0.3) is 0 Å². The highest BCUT2D eigenvalue weighted by Gasteiger charge is 2.33. The molecule has 3 amide bonds. The summed E-state index contributed by atoms with van der Waals surface area (Å²) in [7, 11) is 0. The molecular weight excluding hydrogens is 444 g/mol. The predicted octanol–water partition coefficient (Wildman–Crippen LogP) is -1.49. The number of hydrogen-bond donors (Lipinski definition) is 7. The molecule has 32 heavy (non-hydrogen) atoms. The van der Waals surface area contributed by atoms with Crippen molar-refractivity contribution < 1.29 is 39.3 Å². The molecule has 0 bridgehead atoms. The molecule has 0 rings (SSSR count). The van der Waals surface area contributed by atoms with Crippen LogP contribution in [0.1, 0.15) is 40.0 Å². The lowest BCUT2D eigenvalue weighted by Crippen LogP contribution is -2.60. The molecule has 13 heteroatoms. The van der Waals surface area contributed by atoms with Gasteiger partial charge < -0.3 is 37.0 Å². The van der Waals surface area contributed by atoms with E-state index in [1.165, 1.54) is 18.7 Å². The quantitative estimate of drug-likeness (QED) is 0.145. The minimum atomic E-state index is -1.46. The van der Waals surface area contributed by atoms with Crippen LogP contribution in [-0.4, -0.2) is 87.3 Å². The number of carboxylic acids is 2. The number of carbonyl (C=O) groups excluding carboxylic acids is 3. The number of nitrogens with two attached hydrogens (primary N) is 1. The summed E-state index contributed by atoms with van der Waals surface area (Å²) in [6, 6.07) is -5.02. The number of amides is 3. The van der Waals surface area contributed by atoms with Crippen molar-refractivity contribution >= 4 is 41.4 Å². The Morgan fingerprint density at radius 3 is 1.88 bits per heavy atom. The number of nitrogens with one attached hydrogen (secondary N) is 3. The Kier molecular flexibility index (Phi) is 13.5. The van der Waals surface area contributed by atoms with Gasteiger partial charge in [0, 0.05) is 6.42 Å². The smallest absolute Gasteiger partial charge is 0.326 e. The molecule has 184 valence electrons. The van der Waals surface area contributed by atoms with Gasteiger partial charge in [-0.15, -0.1) is 0 Å². The largest absolute Gasteiger partial charge is 0.481 e. The molecule has 8 N–H and O–H groups in total. The molecule has 0 radical (unpaired) electrons. The molecular formula is C19H34N4O8S. The van der Waals surface area contributed by atoms with Crippen LogP contribution in [0.2, 0.25) is 0 Å². The van der Waals surface area contributed by atoms with E-state index >= 15 is 0 Å². The average Bonchev–Trinajstić information content (AvgIpc) is 2.69. The van der Waals surface area contributed by atoms with Gasteiger partial charge in [0.15, 0.2) is 0 Å². The lowest BCUT2D eigenvalue weighted by atomic mass is 10.0. The highest BCUT2D eigenvalue weighted by molar-refractivity contribution is 7.98. The number of aliphatic carboxylic acids is 2. The van der Waals surface area contributed by atoms with Gasteiger partial charge in [-0.05, 0) is 37.7 Å². The molecule has 12 nitrogen and oxygen atoms in total. The van der Waals surface area contributed by atoms with Crippen LogP contribution in [-0.2, 0) is 24.0 Å². The molecule has 5 atom stereocenters. The van der Waals surface area contributed by atoms with Crippen molar-refractivity contribution in [1.29, 1.82) is 0 Å². The van der Waals surface area contributed by atoms with Crippen molar-refractivity contribution in [3.63, 3.8) is 0 Å². The normalized spacial score (nSPS) is 15.7. The third-order valence-corrected chi connectivity index (χ3v) is 5.19. The van der Waals surface area contributed by atoms with Crippen molar-refractivity contribution in [2.24, 2.45) is 11.7 Å². The maximum Gasteiger partial charge on any atom is 0.326 e. The van der Waals surface area contributed by atoms with Crippen LogP contribution in [0.25, 0.3) is 0 Å². The summed E-state index contributed by atoms with van der Waals surface area (Å²) in [6.45, 7) is 4.40. The van der Waals surface area contributed by atoms with Crippen LogP contribution in [0.15, 0.2) is 0 Å². The number of carboxylic acid groups (broad SMARTS) is 2. The predicted molar refractivity (Wildman–Crippen MR) is 118 cm³/mol. The number of rotatable bonds is 15. The minimum Gasteiger partial charge on any atom is -0.481 e. The van der Waals surface area contributed by atoms with Crippen LogP contribution in [0, 0.1) is 5.92 Å². The zero-order valence-electron chi connectivity index (χ0n) is 18.7. The Morgan fingerprint density at radius 1 is 0.875 bits per heavy atom. The fourth-order valence-electron chi connectivity index (χ4n) is 2.61. The van der Waals surface area contributed by atoms with E-state index in [4.69, 9.17) is 10.8 Å². The highest BCUT2D eigenvalue weighted by Crippen LogP contribution is 2.06. The van der Waals surface area contributed by atoms with E-state index in [1.807, 2.05) is 6.26 Å². The zero-order valence-corrected chi connectivity index (χ0v) is 19.5. The Labute approximate surface area is 191 Å². The molecule has 0 aliphatic rings. The summed E-state index contributed by atoms with van der Waals surface area (Å²) >= 11 is 1.48. The van der Waals surface area contributed by atoms with Crippen molar-refractivity contribution in [3.05, 3.63) is 0 Å². The standard InChI is InChI=1S/C19H34N4O8S/c1-9(2)14(19(30)31)22-17(28)12(5-6-13(25)26)21-18(29)15(10(3)24)23-16(27)11(20)7-8-32-4/h9-12,14-15,24H,5-8,20H2,1-4H3,(H,21,29)(H,22,28)(H,23,27)(H,25,26)(H,30,31)/t10-,11+,12+,14+,15+/m1/s1. The number of carbonyl (C=O) groups is 5. The summed E-state index contributed by atoms with van der Waals surface area (Å²) in [5, 5.41) is 35.1. The van der Waals surface area contributed by atoms with Crippen LogP contribution in [0.5, 0.6) is 0 Å². The molecule has 0 fully saturated rings. The maximum atomic E-state index is 12.7. The first-order chi connectivity index (χ1) is 14.8. The lowest BCUT2D eigenvalue weighted by Gasteiger charge is -2.27. The van der Waals surface area contributed by atoms with E-state index in [-0.39, 0.29) is 6.42 Å². The van der Waals surface area contributed by atoms with Gasteiger partial charge in [0.1, 0.15) is 18.1 Å². The molecule has 0 aliphatic heterocycles. The summed E-state index contributed by atoms with van der Waals surface area (Å²) in [5.41, 5.74) is 5.77. The van der Waals surface area contributed by atoms with Crippen LogP contribution in [0.3, 0.4) is 0 Å². The first-order valence-corrected chi connectivity index (χ1v) is 11.5. The van der Waals surface area contributed by atoms with Gasteiger partial charge in [-0.2, -0.15) is 11.8 Å². The summed E-state index contributed by atoms with van der Waals surface area (Å²) in [6.07, 6.45) is 0.0232. The molecule has 0 saturated carbocycles. The lowest BCUT2D eigenvalue weighted by molar-refractivity contribution is -0.144. The summed E-state index contributed by atoms with van der Waals surface area (Å²) in [5.74, 6) is -4.88. The zero-order chi connectivity index (χ0) is 25.0. The first-order valence-electron chi connectivity index (χ1n) is 10.1. The maximum absolute atomic E-state index is 12.7. The Bertz CT molecular complexity index is 674.